The van der Waals surface area contributed by atoms with E-state index in [0.717, 1.165) is 16.8 Å². The molecule has 4 rings (SSSR count). The van der Waals surface area contributed by atoms with Crippen LogP contribution in [0.3, 0.4) is 0 Å². The normalized spacial score (nSPS) is 15.6. The van der Waals surface area contributed by atoms with Crippen molar-refractivity contribution in [3.05, 3.63) is 92.5 Å². The van der Waals surface area contributed by atoms with Gasteiger partial charge in [-0.15, -0.1) is 0 Å². The maximum atomic E-state index is 13.5. The first kappa shape index (κ1) is 24.0. The first-order valence-corrected chi connectivity index (χ1v) is 12.2. The molecule has 3 aromatic rings. The molecule has 0 aromatic heterocycles. The lowest BCUT2D eigenvalue weighted by Gasteiger charge is -2.15. The van der Waals surface area contributed by atoms with Gasteiger partial charge in [-0.05, 0) is 95.1 Å². The summed E-state index contributed by atoms with van der Waals surface area (Å²) in [6.07, 6.45) is 1.78. The van der Waals surface area contributed by atoms with E-state index in [1.807, 2.05) is 50.2 Å². The van der Waals surface area contributed by atoms with E-state index in [0.29, 0.717) is 38.2 Å². The number of nitrogens with zero attached hydrogens (tertiary/aromatic N) is 1. The number of amides is 1. The van der Waals surface area contributed by atoms with Crippen molar-refractivity contribution in [3.8, 4) is 11.5 Å². The molecular formula is C26H22BrFN2O3S. The van der Waals surface area contributed by atoms with Gasteiger partial charge in [0.25, 0.3) is 5.91 Å². The molecular weight excluding hydrogens is 519 g/mol. The first-order valence-electron chi connectivity index (χ1n) is 10.6. The van der Waals surface area contributed by atoms with Gasteiger partial charge >= 0.3 is 0 Å². The van der Waals surface area contributed by atoms with Crippen molar-refractivity contribution in [2.75, 3.05) is 6.61 Å². The standard InChI is InChI=1S/C26H22BrFN2O3S/c1-3-32-22-13-18(12-21(27)24(22)33-15-17-5-4-6-19(28)11-17)14-23-25(31)30-26(34-23)29-20-9-7-16(2)8-10-20/h4-14H,3,15H2,1-2H3,(H,29,30,31)/b23-14-. The van der Waals surface area contributed by atoms with Crippen molar-refractivity contribution in [2.45, 2.75) is 20.5 Å². The van der Waals surface area contributed by atoms with Gasteiger partial charge in [-0.3, -0.25) is 4.79 Å². The smallest absolute Gasteiger partial charge is 0.264 e. The number of halogens is 2. The number of aliphatic imine (C=N–C) groups is 1. The van der Waals surface area contributed by atoms with Crippen molar-refractivity contribution in [3.63, 3.8) is 0 Å². The number of carbonyl (C=O) groups is 1. The molecule has 0 bridgehead atoms. The van der Waals surface area contributed by atoms with Crippen LogP contribution >= 0.6 is 27.7 Å². The summed E-state index contributed by atoms with van der Waals surface area (Å²) in [6, 6.07) is 17.7. The molecule has 3 aromatic carbocycles. The Hall–Kier alpha value is -3.10. The number of thioether (sulfide) groups is 1. The zero-order chi connectivity index (χ0) is 24.1. The summed E-state index contributed by atoms with van der Waals surface area (Å²) in [5.41, 5.74) is 3.39. The molecule has 1 fully saturated rings. The Morgan fingerprint density at radius 3 is 2.65 bits per heavy atom. The second-order valence-corrected chi connectivity index (χ2v) is 9.38. The van der Waals surface area contributed by atoms with Crippen molar-refractivity contribution < 1.29 is 18.7 Å². The molecule has 1 aliphatic heterocycles. The minimum absolute atomic E-state index is 0.188. The third-order valence-electron chi connectivity index (χ3n) is 4.82. The van der Waals surface area contributed by atoms with Crippen LogP contribution in [0.25, 0.3) is 6.08 Å². The summed E-state index contributed by atoms with van der Waals surface area (Å²) in [7, 11) is 0. The van der Waals surface area contributed by atoms with Crippen LogP contribution in [0.5, 0.6) is 11.5 Å². The number of rotatable bonds is 7. The van der Waals surface area contributed by atoms with E-state index >= 15 is 0 Å². The number of hydrogen-bond acceptors (Lipinski definition) is 5. The molecule has 0 atom stereocenters. The van der Waals surface area contributed by atoms with E-state index in [9.17, 15) is 9.18 Å². The average molecular weight is 541 g/mol. The van der Waals surface area contributed by atoms with Crippen LogP contribution in [0.4, 0.5) is 10.1 Å². The van der Waals surface area contributed by atoms with Crippen molar-refractivity contribution in [2.24, 2.45) is 4.99 Å². The number of amidine groups is 1. The maximum Gasteiger partial charge on any atom is 0.264 e. The van der Waals surface area contributed by atoms with Gasteiger partial charge in [-0.2, -0.15) is 0 Å². The third-order valence-corrected chi connectivity index (χ3v) is 6.32. The minimum Gasteiger partial charge on any atom is -0.490 e. The Kier molecular flexibility index (Phi) is 7.70. The van der Waals surface area contributed by atoms with E-state index in [4.69, 9.17) is 9.47 Å². The number of ether oxygens (including phenoxy) is 2. The van der Waals surface area contributed by atoms with Crippen LogP contribution in [0, 0.1) is 12.7 Å². The van der Waals surface area contributed by atoms with Gasteiger partial charge in [0, 0.05) is 0 Å². The molecule has 1 aliphatic rings. The summed E-state index contributed by atoms with van der Waals surface area (Å²) in [5.74, 6) is 0.511. The predicted molar refractivity (Wildman–Crippen MR) is 138 cm³/mol. The average Bonchev–Trinajstić information content (AvgIpc) is 3.13. The van der Waals surface area contributed by atoms with E-state index in [1.54, 1.807) is 18.2 Å². The molecule has 0 saturated carbocycles. The largest absolute Gasteiger partial charge is 0.490 e. The fourth-order valence-corrected chi connectivity index (χ4v) is 4.64. The molecule has 1 amide bonds. The highest BCUT2D eigenvalue weighted by molar-refractivity contribution is 9.10. The lowest BCUT2D eigenvalue weighted by atomic mass is 10.1. The Morgan fingerprint density at radius 1 is 1.12 bits per heavy atom. The van der Waals surface area contributed by atoms with E-state index < -0.39 is 0 Å². The van der Waals surface area contributed by atoms with Crippen molar-refractivity contribution in [1.82, 2.24) is 5.32 Å². The quantitative estimate of drug-likeness (QED) is 0.336. The highest BCUT2D eigenvalue weighted by Crippen LogP contribution is 2.39. The molecule has 1 N–H and O–H groups in total. The summed E-state index contributed by atoms with van der Waals surface area (Å²) in [6.45, 7) is 4.51. The van der Waals surface area contributed by atoms with Crippen molar-refractivity contribution in [1.29, 1.82) is 0 Å². The van der Waals surface area contributed by atoms with Crippen molar-refractivity contribution >= 4 is 50.5 Å². The maximum absolute atomic E-state index is 13.5. The molecule has 174 valence electrons. The van der Waals surface area contributed by atoms with Gasteiger partial charge in [-0.25, -0.2) is 9.38 Å². The second-order valence-electron chi connectivity index (χ2n) is 7.50. The SMILES string of the molecule is CCOc1cc(/C=C2\SC(=Nc3ccc(C)cc3)NC2=O)cc(Br)c1OCc1cccc(F)c1. The Balaban J connectivity index is 1.55. The van der Waals surface area contributed by atoms with E-state index in [1.165, 1.54) is 23.9 Å². The van der Waals surface area contributed by atoms with Gasteiger partial charge in [0.15, 0.2) is 16.7 Å². The highest BCUT2D eigenvalue weighted by Gasteiger charge is 2.24. The molecule has 8 heteroatoms. The zero-order valence-corrected chi connectivity index (χ0v) is 21.0. The molecule has 0 unspecified atom stereocenters. The number of benzene rings is 3. The lowest BCUT2D eigenvalue weighted by molar-refractivity contribution is -0.115. The second kappa shape index (κ2) is 10.9. The fraction of sp³-hybridized carbons (Fsp3) is 0.154. The summed E-state index contributed by atoms with van der Waals surface area (Å²) >= 11 is 4.82. The predicted octanol–water partition coefficient (Wildman–Crippen LogP) is 6.77. The van der Waals surface area contributed by atoms with Gasteiger partial charge < -0.3 is 14.8 Å². The van der Waals surface area contributed by atoms with Crippen LogP contribution < -0.4 is 14.8 Å². The summed E-state index contributed by atoms with van der Waals surface area (Å²) < 4.78 is 25.9. The molecule has 34 heavy (non-hydrogen) atoms. The molecule has 0 radical (unpaired) electrons. The Labute approximate surface area is 210 Å². The number of aryl methyl sites for hydroxylation is 1. The van der Waals surface area contributed by atoms with Gasteiger partial charge in [-0.1, -0.05) is 29.8 Å². The molecule has 1 saturated heterocycles. The highest BCUT2D eigenvalue weighted by atomic mass is 79.9. The fourth-order valence-electron chi connectivity index (χ4n) is 3.22. The molecule has 0 aliphatic carbocycles. The topological polar surface area (TPSA) is 59.9 Å². The number of carbonyl (C=O) groups excluding carboxylic acids is 1. The van der Waals surface area contributed by atoms with E-state index in [-0.39, 0.29) is 18.3 Å². The summed E-state index contributed by atoms with van der Waals surface area (Å²) in [5, 5.41) is 3.33. The summed E-state index contributed by atoms with van der Waals surface area (Å²) in [4.78, 5) is 17.5. The van der Waals surface area contributed by atoms with Crippen LogP contribution in [-0.2, 0) is 11.4 Å². The zero-order valence-electron chi connectivity index (χ0n) is 18.6. The van der Waals surface area contributed by atoms with E-state index in [2.05, 4.69) is 26.2 Å². The van der Waals surface area contributed by atoms with Crippen LogP contribution in [0.2, 0.25) is 0 Å². The number of hydrogen-bond donors (Lipinski definition) is 1. The lowest BCUT2D eigenvalue weighted by Crippen LogP contribution is -2.19. The number of nitrogens with one attached hydrogen (secondary N) is 1. The first-order chi connectivity index (χ1) is 16.4. The third kappa shape index (κ3) is 6.07. The Morgan fingerprint density at radius 2 is 1.91 bits per heavy atom. The molecule has 1 heterocycles. The van der Waals surface area contributed by atoms with Gasteiger partial charge in [0.2, 0.25) is 0 Å². The minimum atomic E-state index is -0.315. The molecule has 0 spiro atoms. The Bertz CT molecular complexity index is 1280. The van der Waals surface area contributed by atoms with Gasteiger partial charge in [0.1, 0.15) is 12.4 Å². The van der Waals surface area contributed by atoms with Crippen LogP contribution in [0.15, 0.2) is 75.0 Å². The van der Waals surface area contributed by atoms with Crippen LogP contribution in [0.1, 0.15) is 23.6 Å². The monoisotopic (exact) mass is 540 g/mol. The van der Waals surface area contributed by atoms with Gasteiger partial charge in [0.05, 0.1) is 21.7 Å². The molecule has 5 nitrogen and oxygen atoms in total. The van der Waals surface area contributed by atoms with Crippen LogP contribution in [-0.4, -0.2) is 17.7 Å².